The molecule has 0 unspecified atom stereocenters. The van der Waals surface area contributed by atoms with E-state index in [0.29, 0.717) is 33.9 Å². The van der Waals surface area contributed by atoms with Gasteiger partial charge in [-0.15, -0.1) is 0 Å². The predicted octanol–water partition coefficient (Wildman–Crippen LogP) is 4.57. The molecule has 8 heteroatoms. The number of nitrogen functional groups attached to an aromatic ring is 1. The number of ether oxygens (including phenoxy) is 1. The van der Waals surface area contributed by atoms with Gasteiger partial charge in [0.2, 0.25) is 5.95 Å². The molecule has 3 aromatic rings. The second-order valence-electron chi connectivity index (χ2n) is 6.01. The Morgan fingerprint density at radius 3 is 2.59 bits per heavy atom. The van der Waals surface area contributed by atoms with Crippen molar-refractivity contribution in [3.63, 3.8) is 0 Å². The Balaban J connectivity index is 1.91. The van der Waals surface area contributed by atoms with Gasteiger partial charge in [-0.05, 0) is 42.9 Å². The number of methoxy groups -OCH3 is 1. The van der Waals surface area contributed by atoms with Gasteiger partial charge in [-0.25, -0.2) is 4.98 Å². The van der Waals surface area contributed by atoms with Crippen molar-refractivity contribution < 1.29 is 4.74 Å². The molecule has 27 heavy (non-hydrogen) atoms. The van der Waals surface area contributed by atoms with Crippen molar-refractivity contribution >= 4 is 53.7 Å². The van der Waals surface area contributed by atoms with Gasteiger partial charge in [-0.2, -0.15) is 4.98 Å². The Hall–Kier alpha value is -2.56. The quantitative estimate of drug-likeness (QED) is 0.414. The van der Waals surface area contributed by atoms with Crippen LogP contribution in [0.3, 0.4) is 0 Å². The highest BCUT2D eigenvalue weighted by Gasteiger charge is 2.12. The summed E-state index contributed by atoms with van der Waals surface area (Å²) in [6.07, 6.45) is 1.56. The van der Waals surface area contributed by atoms with Gasteiger partial charge >= 0.3 is 0 Å². The lowest BCUT2D eigenvalue weighted by atomic mass is 10.2. The molecule has 0 aliphatic carbocycles. The van der Waals surface area contributed by atoms with Crippen molar-refractivity contribution in [1.82, 2.24) is 9.97 Å². The summed E-state index contributed by atoms with van der Waals surface area (Å²) in [6.45, 7) is 4.41. The van der Waals surface area contributed by atoms with Gasteiger partial charge in [0.05, 0.1) is 19.0 Å². The summed E-state index contributed by atoms with van der Waals surface area (Å²) in [5, 5.41) is 8.14. The molecule has 0 amide bonds. The number of para-hydroxylation sites is 1. The zero-order valence-electron chi connectivity index (χ0n) is 15.3. The molecule has 0 fully saturated rings. The van der Waals surface area contributed by atoms with Crippen molar-refractivity contribution in [3.05, 3.63) is 53.7 Å². The zero-order chi connectivity index (χ0) is 19.4. The fourth-order valence-corrected chi connectivity index (χ4v) is 3.69. The van der Waals surface area contributed by atoms with Crippen molar-refractivity contribution in [3.8, 4) is 5.75 Å². The summed E-state index contributed by atoms with van der Waals surface area (Å²) in [4.78, 5) is 8.77. The molecule has 0 saturated carbocycles. The summed E-state index contributed by atoms with van der Waals surface area (Å²) in [5.41, 5.74) is 8.14. The predicted molar refractivity (Wildman–Crippen MR) is 116 cm³/mol. The maximum absolute atomic E-state index is 6.31. The molecule has 0 saturated heterocycles. The SMILES string of the molecule is COc1ccc(N)cc1Nc1ncc(Cl)c(Nc2ccccc2P(C)C)n1. The largest absolute Gasteiger partial charge is 0.495 e. The van der Waals surface area contributed by atoms with Crippen LogP contribution in [0.4, 0.5) is 28.8 Å². The highest BCUT2D eigenvalue weighted by Crippen LogP contribution is 2.32. The summed E-state index contributed by atoms with van der Waals surface area (Å²) in [7, 11) is 1.32. The lowest BCUT2D eigenvalue weighted by Gasteiger charge is -2.16. The maximum Gasteiger partial charge on any atom is 0.229 e. The molecule has 2 aromatic carbocycles. The number of aromatic nitrogens is 2. The molecule has 1 aromatic heterocycles. The number of hydrogen-bond acceptors (Lipinski definition) is 6. The molecular formula is C19H21ClN5OP. The second-order valence-corrected chi connectivity index (χ2v) is 8.69. The van der Waals surface area contributed by atoms with E-state index in [1.807, 2.05) is 18.2 Å². The standard InChI is InChI=1S/C19H21ClN5OP/c1-26-16-9-8-12(21)10-15(16)24-19-22-11-13(20)18(25-19)23-14-6-4-5-7-17(14)27(2)3/h4-11H,21H2,1-3H3,(H2,22,23,24,25). The number of halogens is 1. The van der Waals surface area contributed by atoms with Gasteiger partial charge in [-0.3, -0.25) is 0 Å². The molecule has 0 bridgehead atoms. The van der Waals surface area contributed by atoms with Gasteiger partial charge in [0.1, 0.15) is 10.8 Å². The molecule has 3 rings (SSSR count). The normalized spacial score (nSPS) is 10.7. The van der Waals surface area contributed by atoms with Crippen LogP contribution in [-0.2, 0) is 0 Å². The number of nitrogens with one attached hydrogen (secondary N) is 2. The third-order valence-electron chi connectivity index (χ3n) is 3.85. The fourth-order valence-electron chi connectivity index (χ4n) is 2.56. The first kappa shape index (κ1) is 19.2. The van der Waals surface area contributed by atoms with Crippen molar-refractivity contribution in [1.29, 1.82) is 0 Å². The van der Waals surface area contributed by atoms with E-state index < -0.39 is 0 Å². The Kier molecular flexibility index (Phi) is 5.99. The van der Waals surface area contributed by atoms with Crippen LogP contribution in [0.5, 0.6) is 5.75 Å². The number of hydrogen-bond donors (Lipinski definition) is 3. The van der Waals surface area contributed by atoms with E-state index in [9.17, 15) is 0 Å². The first-order chi connectivity index (χ1) is 13.0. The Bertz CT molecular complexity index is 951. The zero-order valence-corrected chi connectivity index (χ0v) is 17.0. The van der Waals surface area contributed by atoms with Crippen molar-refractivity contribution in [2.45, 2.75) is 0 Å². The van der Waals surface area contributed by atoms with Crippen molar-refractivity contribution in [2.75, 3.05) is 36.8 Å². The smallest absolute Gasteiger partial charge is 0.229 e. The average Bonchev–Trinajstić information content (AvgIpc) is 2.65. The van der Waals surface area contributed by atoms with Gasteiger partial charge in [0.25, 0.3) is 0 Å². The van der Waals surface area contributed by atoms with Crippen LogP contribution in [0.1, 0.15) is 0 Å². The van der Waals surface area contributed by atoms with Gasteiger partial charge in [0.15, 0.2) is 5.82 Å². The minimum absolute atomic E-state index is 0.275. The third kappa shape index (κ3) is 4.59. The van der Waals surface area contributed by atoms with Crippen LogP contribution in [0.15, 0.2) is 48.7 Å². The van der Waals surface area contributed by atoms with E-state index in [4.69, 9.17) is 22.1 Å². The molecular weight excluding hydrogens is 381 g/mol. The van der Waals surface area contributed by atoms with Crippen LogP contribution < -0.4 is 26.4 Å². The number of anilines is 5. The molecule has 0 aliphatic rings. The first-order valence-corrected chi connectivity index (χ1v) is 10.9. The van der Waals surface area contributed by atoms with Gasteiger partial charge in [0, 0.05) is 11.4 Å². The molecule has 0 aliphatic heterocycles. The van der Waals surface area contributed by atoms with E-state index in [2.05, 4.69) is 40.0 Å². The second kappa shape index (κ2) is 8.42. The van der Waals surface area contributed by atoms with Crippen LogP contribution in [-0.4, -0.2) is 30.4 Å². The van der Waals surface area contributed by atoms with Gasteiger partial charge in [-0.1, -0.05) is 37.7 Å². The number of benzene rings is 2. The minimum atomic E-state index is -0.275. The first-order valence-electron chi connectivity index (χ1n) is 8.24. The monoisotopic (exact) mass is 401 g/mol. The van der Waals surface area contributed by atoms with E-state index in [1.54, 1.807) is 31.5 Å². The Morgan fingerprint density at radius 2 is 1.85 bits per heavy atom. The third-order valence-corrected chi connectivity index (χ3v) is 5.48. The van der Waals surface area contributed by atoms with Crippen LogP contribution in [0.25, 0.3) is 0 Å². The van der Waals surface area contributed by atoms with Crippen LogP contribution >= 0.6 is 19.5 Å². The topological polar surface area (TPSA) is 85.1 Å². The lowest BCUT2D eigenvalue weighted by molar-refractivity contribution is 0.417. The number of nitrogens with two attached hydrogens (primary N) is 1. The fraction of sp³-hybridized carbons (Fsp3) is 0.158. The van der Waals surface area contributed by atoms with E-state index in [1.165, 1.54) is 5.30 Å². The molecule has 140 valence electrons. The summed E-state index contributed by atoms with van der Waals surface area (Å²) in [5.74, 6) is 1.56. The number of nitrogens with zero attached hydrogens (tertiary/aromatic N) is 2. The van der Waals surface area contributed by atoms with Crippen LogP contribution in [0, 0.1) is 0 Å². The Labute approximate surface area is 164 Å². The van der Waals surface area contributed by atoms with Crippen molar-refractivity contribution in [2.24, 2.45) is 0 Å². The Morgan fingerprint density at radius 1 is 1.07 bits per heavy atom. The lowest BCUT2D eigenvalue weighted by Crippen LogP contribution is -2.09. The van der Waals surface area contributed by atoms with Gasteiger partial charge < -0.3 is 21.1 Å². The molecule has 6 nitrogen and oxygen atoms in total. The summed E-state index contributed by atoms with van der Waals surface area (Å²) < 4.78 is 5.35. The summed E-state index contributed by atoms with van der Waals surface area (Å²) >= 11 is 6.31. The minimum Gasteiger partial charge on any atom is -0.495 e. The number of rotatable bonds is 6. The molecule has 0 radical (unpaired) electrons. The average molecular weight is 402 g/mol. The van der Waals surface area contributed by atoms with E-state index in [0.717, 1.165) is 5.69 Å². The van der Waals surface area contributed by atoms with E-state index >= 15 is 0 Å². The highest BCUT2D eigenvalue weighted by atomic mass is 35.5. The molecule has 4 N–H and O–H groups in total. The maximum atomic E-state index is 6.31. The van der Waals surface area contributed by atoms with E-state index in [-0.39, 0.29) is 7.92 Å². The summed E-state index contributed by atoms with van der Waals surface area (Å²) in [6, 6.07) is 13.5. The van der Waals surface area contributed by atoms with Crippen LogP contribution in [0.2, 0.25) is 5.02 Å². The molecule has 0 spiro atoms. The highest BCUT2D eigenvalue weighted by molar-refractivity contribution is 7.64. The molecule has 0 atom stereocenters. The molecule has 1 heterocycles.